The van der Waals surface area contributed by atoms with Crippen molar-refractivity contribution in [3.8, 4) is 5.69 Å². The fraction of sp³-hybridized carbons (Fsp3) is 0.316. The van der Waals surface area contributed by atoms with Crippen LogP contribution in [0.1, 0.15) is 21.8 Å². The second-order valence-corrected chi connectivity index (χ2v) is 7.11. The van der Waals surface area contributed by atoms with E-state index in [-0.39, 0.29) is 18.3 Å². The maximum absolute atomic E-state index is 13.2. The molecule has 3 aromatic rings. The van der Waals surface area contributed by atoms with Crippen LogP contribution in [0.2, 0.25) is 0 Å². The Hall–Kier alpha value is -2.78. The number of hydrogen-bond acceptors (Lipinski definition) is 6. The highest BCUT2D eigenvalue weighted by molar-refractivity contribution is 7.20. The van der Waals surface area contributed by atoms with Crippen LogP contribution in [-0.4, -0.2) is 48.5 Å². The minimum Gasteiger partial charge on any atom is -0.451 e. The third-order valence-corrected chi connectivity index (χ3v) is 5.09. The third-order valence-electron chi connectivity index (χ3n) is 4.00. The number of rotatable bonds is 8. The van der Waals surface area contributed by atoms with Gasteiger partial charge in [-0.15, -0.1) is 11.3 Å². The average molecular weight is 405 g/mol. The summed E-state index contributed by atoms with van der Waals surface area (Å²) in [6.07, 6.45) is 0.686. The lowest BCUT2D eigenvalue weighted by molar-refractivity contribution is -0.124. The molecule has 0 spiro atoms. The number of ether oxygens (including phenoxy) is 2. The molecule has 28 heavy (non-hydrogen) atoms. The Balaban J connectivity index is 1.68. The summed E-state index contributed by atoms with van der Waals surface area (Å²) in [6.45, 7) is 2.49. The molecule has 0 saturated heterocycles. The zero-order chi connectivity index (χ0) is 20.1. The predicted octanol–water partition coefficient (Wildman–Crippen LogP) is 2.84. The number of carbonyl (C=O) groups is 2. The standard InChI is InChI=1S/C19H20FN3O4S/c1-12-15-10-16(19(25)27-11-17(24)21-8-3-9-26-2)28-18(15)23(22-12)14-6-4-13(20)5-7-14/h4-7,10H,3,8-9,11H2,1-2H3,(H,21,24). The quantitative estimate of drug-likeness (QED) is 0.460. The van der Waals surface area contributed by atoms with Crippen LogP contribution in [0.5, 0.6) is 0 Å². The van der Waals surface area contributed by atoms with Crippen molar-refractivity contribution in [3.63, 3.8) is 0 Å². The number of thiophene rings is 1. The minimum atomic E-state index is -0.571. The fourth-order valence-electron chi connectivity index (χ4n) is 2.60. The van der Waals surface area contributed by atoms with Gasteiger partial charge in [-0.05, 0) is 43.7 Å². The molecule has 0 radical (unpaired) electrons. The Kier molecular flexibility index (Phi) is 6.37. The smallest absolute Gasteiger partial charge is 0.348 e. The SMILES string of the molecule is COCCCNC(=O)COC(=O)c1cc2c(C)nn(-c3ccc(F)cc3)c2s1. The van der Waals surface area contributed by atoms with Crippen molar-refractivity contribution >= 4 is 33.4 Å². The van der Waals surface area contributed by atoms with Crippen LogP contribution in [0.15, 0.2) is 30.3 Å². The monoisotopic (exact) mass is 405 g/mol. The van der Waals surface area contributed by atoms with Gasteiger partial charge in [-0.1, -0.05) is 0 Å². The number of aromatic nitrogens is 2. The maximum Gasteiger partial charge on any atom is 0.348 e. The summed E-state index contributed by atoms with van der Waals surface area (Å²) in [6, 6.07) is 7.64. The lowest BCUT2D eigenvalue weighted by Gasteiger charge is -2.05. The summed E-state index contributed by atoms with van der Waals surface area (Å²) in [7, 11) is 1.59. The van der Waals surface area contributed by atoms with Gasteiger partial charge in [-0.2, -0.15) is 5.10 Å². The number of hydrogen-bond donors (Lipinski definition) is 1. The number of nitrogens with one attached hydrogen (secondary N) is 1. The van der Waals surface area contributed by atoms with Gasteiger partial charge in [0.25, 0.3) is 5.91 Å². The van der Waals surface area contributed by atoms with E-state index in [2.05, 4.69) is 10.4 Å². The summed E-state index contributed by atoms with van der Waals surface area (Å²) in [4.78, 5) is 25.1. The van der Waals surface area contributed by atoms with Gasteiger partial charge in [0.05, 0.1) is 11.4 Å². The first-order valence-corrected chi connectivity index (χ1v) is 9.49. The molecule has 3 rings (SSSR count). The first kappa shape index (κ1) is 20.0. The van der Waals surface area contributed by atoms with Crippen LogP contribution in [0.4, 0.5) is 4.39 Å². The van der Waals surface area contributed by atoms with Crippen molar-refractivity contribution < 1.29 is 23.5 Å². The number of halogens is 1. The second-order valence-electron chi connectivity index (χ2n) is 6.08. The van der Waals surface area contributed by atoms with E-state index < -0.39 is 5.97 Å². The Bertz CT molecular complexity index is 981. The van der Waals surface area contributed by atoms with Gasteiger partial charge in [0.15, 0.2) is 6.61 Å². The lowest BCUT2D eigenvalue weighted by atomic mass is 10.3. The highest BCUT2D eigenvalue weighted by Crippen LogP contribution is 2.30. The zero-order valence-electron chi connectivity index (χ0n) is 15.5. The first-order chi connectivity index (χ1) is 13.5. The fourth-order valence-corrected chi connectivity index (χ4v) is 3.68. The van der Waals surface area contributed by atoms with Crippen molar-refractivity contribution in [2.75, 3.05) is 26.9 Å². The Labute approximate surface area is 165 Å². The summed E-state index contributed by atoms with van der Waals surface area (Å²) >= 11 is 1.21. The van der Waals surface area contributed by atoms with E-state index >= 15 is 0 Å². The molecule has 148 valence electrons. The second kappa shape index (κ2) is 8.94. The van der Waals surface area contributed by atoms with Gasteiger partial charge in [-0.3, -0.25) is 4.79 Å². The van der Waals surface area contributed by atoms with E-state index in [4.69, 9.17) is 9.47 Å². The molecule has 0 fully saturated rings. The largest absolute Gasteiger partial charge is 0.451 e. The van der Waals surface area contributed by atoms with Crippen LogP contribution in [-0.2, 0) is 14.3 Å². The molecule has 2 aromatic heterocycles. The lowest BCUT2D eigenvalue weighted by Crippen LogP contribution is -2.30. The van der Waals surface area contributed by atoms with Gasteiger partial charge in [-0.25, -0.2) is 13.9 Å². The van der Waals surface area contributed by atoms with E-state index in [0.29, 0.717) is 30.1 Å². The van der Waals surface area contributed by atoms with Crippen LogP contribution >= 0.6 is 11.3 Å². The normalized spacial score (nSPS) is 11.0. The molecule has 0 saturated carbocycles. The molecular formula is C19H20FN3O4S. The number of benzene rings is 1. The molecule has 2 heterocycles. The Morgan fingerprint density at radius 2 is 2.04 bits per heavy atom. The van der Waals surface area contributed by atoms with Crippen molar-refractivity contribution in [2.24, 2.45) is 0 Å². The number of fused-ring (bicyclic) bond motifs is 1. The van der Waals surface area contributed by atoms with E-state index in [1.807, 2.05) is 6.92 Å². The van der Waals surface area contributed by atoms with Crippen LogP contribution in [0, 0.1) is 12.7 Å². The zero-order valence-corrected chi connectivity index (χ0v) is 16.3. The van der Waals surface area contributed by atoms with Gasteiger partial charge in [0, 0.05) is 25.6 Å². The van der Waals surface area contributed by atoms with Crippen molar-refractivity contribution in [1.82, 2.24) is 15.1 Å². The molecule has 7 nitrogen and oxygen atoms in total. The van der Waals surface area contributed by atoms with Crippen LogP contribution in [0.25, 0.3) is 15.9 Å². The number of carbonyl (C=O) groups excluding carboxylic acids is 2. The molecule has 0 aliphatic rings. The Morgan fingerprint density at radius 1 is 1.29 bits per heavy atom. The number of aryl methyl sites for hydroxylation is 1. The van der Waals surface area contributed by atoms with Gasteiger partial charge >= 0.3 is 5.97 Å². The van der Waals surface area contributed by atoms with E-state index in [1.165, 1.54) is 23.5 Å². The number of amides is 1. The molecule has 1 N–H and O–H groups in total. The van der Waals surface area contributed by atoms with Gasteiger partial charge < -0.3 is 14.8 Å². The Morgan fingerprint density at radius 3 is 2.75 bits per heavy atom. The highest BCUT2D eigenvalue weighted by Gasteiger charge is 2.19. The summed E-state index contributed by atoms with van der Waals surface area (Å²) in [5.41, 5.74) is 1.43. The summed E-state index contributed by atoms with van der Waals surface area (Å²) in [5.74, 6) is -1.27. The summed E-state index contributed by atoms with van der Waals surface area (Å²) < 4.78 is 24.8. The topological polar surface area (TPSA) is 82.4 Å². The van der Waals surface area contributed by atoms with E-state index in [0.717, 1.165) is 15.9 Å². The third kappa shape index (κ3) is 4.55. The molecule has 0 bridgehead atoms. The minimum absolute atomic E-state index is 0.334. The number of methoxy groups -OCH3 is 1. The van der Waals surface area contributed by atoms with E-state index in [1.54, 1.807) is 30.0 Å². The number of nitrogens with zero attached hydrogens (tertiary/aromatic N) is 2. The van der Waals surface area contributed by atoms with Gasteiger partial charge in [0.1, 0.15) is 15.5 Å². The highest BCUT2D eigenvalue weighted by atomic mass is 32.1. The molecule has 9 heteroatoms. The first-order valence-electron chi connectivity index (χ1n) is 8.67. The molecular weight excluding hydrogens is 385 g/mol. The molecule has 0 aliphatic carbocycles. The predicted molar refractivity (Wildman–Crippen MR) is 103 cm³/mol. The molecule has 1 amide bonds. The molecule has 1 aromatic carbocycles. The molecule has 0 atom stereocenters. The average Bonchev–Trinajstić information content (AvgIpc) is 3.25. The van der Waals surface area contributed by atoms with Crippen LogP contribution in [0.3, 0.4) is 0 Å². The maximum atomic E-state index is 13.2. The van der Waals surface area contributed by atoms with Gasteiger partial charge in [0.2, 0.25) is 0 Å². The van der Waals surface area contributed by atoms with Crippen molar-refractivity contribution in [2.45, 2.75) is 13.3 Å². The molecule has 0 aliphatic heterocycles. The van der Waals surface area contributed by atoms with Crippen molar-refractivity contribution in [1.29, 1.82) is 0 Å². The van der Waals surface area contributed by atoms with Crippen LogP contribution < -0.4 is 5.32 Å². The number of esters is 1. The van der Waals surface area contributed by atoms with Crippen molar-refractivity contribution in [3.05, 3.63) is 46.7 Å². The summed E-state index contributed by atoms with van der Waals surface area (Å²) in [5, 5.41) is 7.91. The van der Waals surface area contributed by atoms with E-state index in [9.17, 15) is 14.0 Å². The molecule has 0 unspecified atom stereocenters.